The van der Waals surface area contributed by atoms with Crippen LogP contribution in [0.25, 0.3) is 16.4 Å². The first-order chi connectivity index (χ1) is 8.74. The Morgan fingerprint density at radius 3 is 2.89 bits per heavy atom. The second-order valence-corrected chi connectivity index (χ2v) is 4.16. The monoisotopic (exact) mass is 240 g/mol. The normalized spacial score (nSPS) is 11.0. The molecule has 1 aromatic carbocycles. The second kappa shape index (κ2) is 3.84. The van der Waals surface area contributed by atoms with E-state index < -0.39 is 0 Å². The molecule has 0 spiro atoms. The molecule has 0 unspecified atom stereocenters. The topological polar surface area (TPSA) is 43.6 Å². The third-order valence-electron chi connectivity index (χ3n) is 3.15. The van der Waals surface area contributed by atoms with Crippen molar-refractivity contribution in [3.05, 3.63) is 41.9 Å². The quantitative estimate of drug-likeness (QED) is 0.647. The van der Waals surface area contributed by atoms with E-state index in [4.69, 9.17) is 4.74 Å². The van der Waals surface area contributed by atoms with Gasteiger partial charge >= 0.3 is 0 Å². The minimum absolute atomic E-state index is 0.600. The van der Waals surface area contributed by atoms with E-state index in [-0.39, 0.29) is 0 Å². The van der Waals surface area contributed by atoms with Crippen LogP contribution in [-0.2, 0) is 0 Å². The van der Waals surface area contributed by atoms with Crippen LogP contribution < -0.4 is 4.74 Å². The second-order valence-electron chi connectivity index (χ2n) is 4.16. The maximum atomic E-state index is 11.1. The summed E-state index contributed by atoms with van der Waals surface area (Å²) in [6.45, 7) is 1.84. The minimum Gasteiger partial charge on any atom is -0.497 e. The van der Waals surface area contributed by atoms with Crippen molar-refractivity contribution < 1.29 is 9.53 Å². The highest BCUT2D eigenvalue weighted by molar-refractivity contribution is 5.96. The van der Waals surface area contributed by atoms with E-state index in [1.165, 1.54) is 0 Å². The van der Waals surface area contributed by atoms with Crippen LogP contribution in [0.2, 0.25) is 0 Å². The van der Waals surface area contributed by atoms with E-state index in [0.29, 0.717) is 5.69 Å². The SMILES string of the molecule is COc1ccc2c(ccn3c(C=O)c(C)nc23)c1. The molecule has 0 saturated heterocycles. The number of fused-ring (bicyclic) bond motifs is 3. The Balaban J connectivity index is 2.43. The molecule has 4 nitrogen and oxygen atoms in total. The molecule has 2 heterocycles. The average molecular weight is 240 g/mol. The van der Waals surface area contributed by atoms with Gasteiger partial charge in [0.1, 0.15) is 17.1 Å². The lowest BCUT2D eigenvalue weighted by Gasteiger charge is -2.04. The van der Waals surface area contributed by atoms with E-state index in [1.807, 2.05) is 41.8 Å². The fraction of sp³-hybridized carbons (Fsp3) is 0.143. The van der Waals surface area contributed by atoms with E-state index >= 15 is 0 Å². The summed E-state index contributed by atoms with van der Waals surface area (Å²) >= 11 is 0. The summed E-state index contributed by atoms with van der Waals surface area (Å²) in [5, 5.41) is 2.05. The average Bonchev–Trinajstić information content (AvgIpc) is 2.73. The van der Waals surface area contributed by atoms with Crippen LogP contribution in [0.5, 0.6) is 5.75 Å². The van der Waals surface area contributed by atoms with Gasteiger partial charge in [0, 0.05) is 11.6 Å². The zero-order valence-electron chi connectivity index (χ0n) is 10.2. The van der Waals surface area contributed by atoms with Crippen LogP contribution in [0.3, 0.4) is 0 Å². The molecule has 3 rings (SSSR count). The van der Waals surface area contributed by atoms with Crippen molar-refractivity contribution in [1.82, 2.24) is 9.38 Å². The van der Waals surface area contributed by atoms with Gasteiger partial charge in [-0.3, -0.25) is 9.20 Å². The number of ether oxygens (including phenoxy) is 1. The Morgan fingerprint density at radius 2 is 2.17 bits per heavy atom. The summed E-state index contributed by atoms with van der Waals surface area (Å²) in [6.07, 6.45) is 2.70. The van der Waals surface area contributed by atoms with E-state index in [2.05, 4.69) is 4.98 Å². The Bertz CT molecular complexity index is 759. The molecule has 0 amide bonds. The fourth-order valence-corrected chi connectivity index (χ4v) is 2.21. The van der Waals surface area contributed by atoms with Crippen molar-refractivity contribution in [3.63, 3.8) is 0 Å². The van der Waals surface area contributed by atoms with Gasteiger partial charge in [-0.25, -0.2) is 4.98 Å². The Labute approximate surface area is 104 Å². The van der Waals surface area contributed by atoms with Crippen molar-refractivity contribution in [1.29, 1.82) is 0 Å². The van der Waals surface area contributed by atoms with E-state index in [9.17, 15) is 4.79 Å². The molecule has 0 fully saturated rings. The largest absolute Gasteiger partial charge is 0.497 e. The predicted molar refractivity (Wildman–Crippen MR) is 69.4 cm³/mol. The number of aromatic nitrogens is 2. The van der Waals surface area contributed by atoms with E-state index in [0.717, 1.165) is 34.1 Å². The summed E-state index contributed by atoms with van der Waals surface area (Å²) in [6, 6.07) is 7.77. The standard InChI is InChI=1S/C14H12N2O2/c1-9-13(8-17)16-6-5-10-7-11(18-2)3-4-12(10)14(16)15-9/h3-8H,1-2H3. The Hall–Kier alpha value is -2.36. The number of pyridine rings is 1. The van der Waals surface area contributed by atoms with Crippen LogP contribution in [0.4, 0.5) is 0 Å². The molecular formula is C14H12N2O2. The lowest BCUT2D eigenvalue weighted by molar-refractivity contribution is 0.111. The summed E-state index contributed by atoms with van der Waals surface area (Å²) in [5.74, 6) is 0.811. The molecule has 3 aromatic rings. The number of carbonyl (C=O) groups excluding carboxylic acids is 1. The number of imidazole rings is 1. The number of rotatable bonds is 2. The first-order valence-electron chi connectivity index (χ1n) is 5.65. The summed E-state index contributed by atoms with van der Waals surface area (Å²) in [4.78, 5) is 15.5. The molecule has 0 aliphatic rings. The zero-order valence-corrected chi connectivity index (χ0v) is 10.2. The van der Waals surface area contributed by atoms with Crippen LogP contribution in [0, 0.1) is 6.92 Å². The van der Waals surface area contributed by atoms with Crippen molar-refractivity contribution in [2.75, 3.05) is 7.11 Å². The first-order valence-corrected chi connectivity index (χ1v) is 5.65. The van der Waals surface area contributed by atoms with Gasteiger partial charge in [0.05, 0.1) is 12.8 Å². The molecular weight excluding hydrogens is 228 g/mol. The van der Waals surface area contributed by atoms with Crippen LogP contribution in [0.15, 0.2) is 30.5 Å². The number of methoxy groups -OCH3 is 1. The lowest BCUT2D eigenvalue weighted by Crippen LogP contribution is -1.92. The number of aryl methyl sites for hydroxylation is 1. The van der Waals surface area contributed by atoms with Gasteiger partial charge in [0.2, 0.25) is 0 Å². The van der Waals surface area contributed by atoms with Gasteiger partial charge in [0.25, 0.3) is 0 Å². The molecule has 0 aliphatic carbocycles. The number of aldehydes is 1. The number of benzene rings is 1. The molecule has 0 atom stereocenters. The molecule has 0 radical (unpaired) electrons. The minimum atomic E-state index is 0.600. The van der Waals surface area contributed by atoms with Gasteiger partial charge in [-0.05, 0) is 36.6 Å². The van der Waals surface area contributed by atoms with Crippen molar-refractivity contribution in [3.8, 4) is 5.75 Å². The molecule has 0 N–H and O–H groups in total. The number of hydrogen-bond donors (Lipinski definition) is 0. The lowest BCUT2D eigenvalue weighted by atomic mass is 10.1. The van der Waals surface area contributed by atoms with Crippen molar-refractivity contribution in [2.45, 2.75) is 6.92 Å². The number of hydrogen-bond acceptors (Lipinski definition) is 3. The molecule has 18 heavy (non-hydrogen) atoms. The highest BCUT2D eigenvalue weighted by Crippen LogP contribution is 2.25. The van der Waals surface area contributed by atoms with E-state index in [1.54, 1.807) is 7.11 Å². The maximum absolute atomic E-state index is 11.1. The van der Waals surface area contributed by atoms with Gasteiger partial charge in [0.15, 0.2) is 6.29 Å². The van der Waals surface area contributed by atoms with Gasteiger partial charge in [-0.2, -0.15) is 0 Å². The smallest absolute Gasteiger partial charge is 0.168 e. The summed E-state index contributed by atoms with van der Waals surface area (Å²) in [5.41, 5.74) is 2.14. The predicted octanol–water partition coefficient (Wildman–Crippen LogP) is 2.62. The van der Waals surface area contributed by atoms with Gasteiger partial charge in [-0.15, -0.1) is 0 Å². The summed E-state index contributed by atoms with van der Waals surface area (Å²) < 4.78 is 7.02. The Morgan fingerprint density at radius 1 is 1.33 bits per heavy atom. The summed E-state index contributed by atoms with van der Waals surface area (Å²) in [7, 11) is 1.64. The highest BCUT2D eigenvalue weighted by Gasteiger charge is 2.10. The zero-order chi connectivity index (χ0) is 12.7. The van der Waals surface area contributed by atoms with Gasteiger partial charge in [-0.1, -0.05) is 0 Å². The third kappa shape index (κ3) is 1.39. The van der Waals surface area contributed by atoms with Crippen molar-refractivity contribution >= 4 is 22.7 Å². The molecule has 0 saturated carbocycles. The Kier molecular flexibility index (Phi) is 2.30. The van der Waals surface area contributed by atoms with Gasteiger partial charge < -0.3 is 4.74 Å². The molecule has 90 valence electrons. The number of carbonyl (C=O) groups is 1. The van der Waals surface area contributed by atoms with Crippen LogP contribution >= 0.6 is 0 Å². The molecule has 0 aliphatic heterocycles. The maximum Gasteiger partial charge on any atom is 0.168 e. The third-order valence-corrected chi connectivity index (χ3v) is 3.15. The molecule has 4 heteroatoms. The molecule has 2 aromatic heterocycles. The van der Waals surface area contributed by atoms with Crippen molar-refractivity contribution in [2.24, 2.45) is 0 Å². The fourth-order valence-electron chi connectivity index (χ4n) is 2.21. The highest BCUT2D eigenvalue weighted by atomic mass is 16.5. The van der Waals surface area contributed by atoms with Crippen LogP contribution in [-0.4, -0.2) is 22.8 Å². The number of nitrogens with zero attached hydrogens (tertiary/aromatic N) is 2. The first kappa shape index (κ1) is 10.8. The molecule has 0 bridgehead atoms. The van der Waals surface area contributed by atoms with Crippen LogP contribution in [0.1, 0.15) is 16.2 Å².